The zero-order chi connectivity index (χ0) is 17.2. The highest BCUT2D eigenvalue weighted by molar-refractivity contribution is 5.38. The first-order valence-corrected chi connectivity index (χ1v) is 6.96. The van der Waals surface area contributed by atoms with E-state index in [1.807, 2.05) is 0 Å². The Hall–Kier alpha value is -2.06. The third-order valence-corrected chi connectivity index (χ3v) is 3.37. The number of aromatic nitrogens is 2. The summed E-state index contributed by atoms with van der Waals surface area (Å²) in [5.74, 6) is 0.368. The molecule has 0 aliphatic heterocycles. The predicted molar refractivity (Wildman–Crippen MR) is 78.2 cm³/mol. The third-order valence-electron chi connectivity index (χ3n) is 3.37. The van der Waals surface area contributed by atoms with Gasteiger partial charge in [-0.25, -0.2) is 4.68 Å². The van der Waals surface area contributed by atoms with Gasteiger partial charge in [0.05, 0.1) is 17.9 Å². The van der Waals surface area contributed by atoms with Crippen LogP contribution in [0.2, 0.25) is 0 Å². The maximum atomic E-state index is 12.8. The van der Waals surface area contributed by atoms with Crippen molar-refractivity contribution in [3.05, 3.63) is 41.1 Å². The van der Waals surface area contributed by atoms with Crippen molar-refractivity contribution in [1.29, 1.82) is 0 Å². The molecule has 0 spiro atoms. The average Bonchev–Trinajstić information content (AvgIpc) is 2.73. The first kappa shape index (κ1) is 17.3. The number of alkyl halides is 3. The highest BCUT2D eigenvalue weighted by Crippen LogP contribution is 2.34. The van der Waals surface area contributed by atoms with E-state index in [0.717, 1.165) is 12.1 Å². The molecule has 23 heavy (non-hydrogen) atoms. The molecule has 1 atom stereocenters. The molecule has 0 aliphatic carbocycles. The van der Waals surface area contributed by atoms with E-state index in [1.54, 1.807) is 14.0 Å². The summed E-state index contributed by atoms with van der Waals surface area (Å²) in [5, 5.41) is 13.3. The van der Waals surface area contributed by atoms with E-state index in [1.165, 1.54) is 16.8 Å². The van der Waals surface area contributed by atoms with Crippen LogP contribution in [0.25, 0.3) is 0 Å². The molecular formula is C15H18F3N3O2. The zero-order valence-electron chi connectivity index (χ0n) is 12.8. The number of benzene rings is 1. The van der Waals surface area contributed by atoms with E-state index in [-0.39, 0.29) is 12.4 Å². The number of hydrogen-bond acceptors (Lipinski definition) is 4. The molecule has 2 aromatic rings. The molecule has 1 unspecified atom stereocenters. The molecule has 5 nitrogen and oxygen atoms in total. The Labute approximate surface area is 131 Å². The molecule has 0 amide bonds. The monoisotopic (exact) mass is 329 g/mol. The van der Waals surface area contributed by atoms with Gasteiger partial charge in [0, 0.05) is 18.7 Å². The van der Waals surface area contributed by atoms with Crippen LogP contribution >= 0.6 is 0 Å². The molecule has 2 rings (SSSR count). The molecular weight excluding hydrogens is 311 g/mol. The minimum absolute atomic E-state index is 0.0571. The second-order valence-corrected chi connectivity index (χ2v) is 5.27. The van der Waals surface area contributed by atoms with Gasteiger partial charge in [-0.05, 0) is 31.5 Å². The minimum atomic E-state index is -4.44. The number of aliphatic hydroxyl groups excluding tert-OH is 1. The Morgan fingerprint density at radius 3 is 2.70 bits per heavy atom. The first-order chi connectivity index (χ1) is 10.7. The molecule has 0 bridgehead atoms. The van der Waals surface area contributed by atoms with Crippen LogP contribution in [0.4, 0.5) is 13.2 Å². The summed E-state index contributed by atoms with van der Waals surface area (Å²) in [6.45, 7) is 1.54. The molecule has 0 fully saturated rings. The largest absolute Gasteiger partial charge is 0.439 e. The van der Waals surface area contributed by atoms with Crippen LogP contribution in [0, 0.1) is 6.92 Å². The number of rotatable bonds is 5. The van der Waals surface area contributed by atoms with Gasteiger partial charge < -0.3 is 15.6 Å². The first-order valence-electron chi connectivity index (χ1n) is 6.96. The van der Waals surface area contributed by atoms with Gasteiger partial charge in [-0.2, -0.15) is 18.3 Å². The lowest BCUT2D eigenvalue weighted by atomic mass is 10.1. The van der Waals surface area contributed by atoms with Gasteiger partial charge in [0.25, 0.3) is 0 Å². The Morgan fingerprint density at radius 2 is 2.09 bits per heavy atom. The number of aliphatic hydroxyl groups is 1. The quantitative estimate of drug-likeness (QED) is 0.883. The number of hydrogen-bond donors (Lipinski definition) is 2. The van der Waals surface area contributed by atoms with Crippen LogP contribution in [-0.2, 0) is 19.6 Å². The maximum absolute atomic E-state index is 12.8. The Bertz CT molecular complexity index is 683. The lowest BCUT2D eigenvalue weighted by Crippen LogP contribution is -2.27. The van der Waals surface area contributed by atoms with Gasteiger partial charge in [0.2, 0.25) is 5.88 Å². The van der Waals surface area contributed by atoms with Crippen LogP contribution in [0.1, 0.15) is 16.8 Å². The van der Waals surface area contributed by atoms with E-state index in [2.05, 4.69) is 5.10 Å². The van der Waals surface area contributed by atoms with E-state index >= 15 is 0 Å². The summed E-state index contributed by atoms with van der Waals surface area (Å²) >= 11 is 0. The van der Waals surface area contributed by atoms with Crippen LogP contribution in [0.5, 0.6) is 11.6 Å². The number of aryl methyl sites for hydroxylation is 2. The van der Waals surface area contributed by atoms with E-state index in [9.17, 15) is 13.2 Å². The summed E-state index contributed by atoms with van der Waals surface area (Å²) in [5.41, 5.74) is 6.26. The van der Waals surface area contributed by atoms with Gasteiger partial charge in [0.1, 0.15) is 5.75 Å². The van der Waals surface area contributed by atoms with Crippen molar-refractivity contribution in [2.75, 3.05) is 6.61 Å². The number of ether oxygens (including phenoxy) is 1. The molecule has 1 aromatic carbocycles. The van der Waals surface area contributed by atoms with Crippen molar-refractivity contribution in [2.24, 2.45) is 12.8 Å². The molecule has 0 saturated carbocycles. The second-order valence-electron chi connectivity index (χ2n) is 5.27. The van der Waals surface area contributed by atoms with Crippen LogP contribution in [0.15, 0.2) is 24.3 Å². The standard InChI is InChI=1S/C15H18F3N3O2/c1-9-13(7-11(19)8-22)14(21(2)20-9)23-12-5-3-4-10(6-12)15(16,17)18/h3-6,11,22H,7-8,19H2,1-2H3. The van der Waals surface area contributed by atoms with Gasteiger partial charge in [-0.15, -0.1) is 0 Å². The smallest absolute Gasteiger partial charge is 0.416 e. The topological polar surface area (TPSA) is 73.3 Å². The van der Waals surface area contributed by atoms with Gasteiger partial charge in [-0.1, -0.05) is 6.07 Å². The Kier molecular flexibility index (Phi) is 4.96. The molecule has 0 radical (unpaired) electrons. The molecule has 1 heterocycles. The highest BCUT2D eigenvalue weighted by atomic mass is 19.4. The normalized spacial score (nSPS) is 13.2. The number of nitrogens with zero attached hydrogens (tertiary/aromatic N) is 2. The summed E-state index contributed by atoms with van der Waals surface area (Å²) in [7, 11) is 1.63. The number of nitrogens with two attached hydrogens (primary N) is 1. The fourth-order valence-corrected chi connectivity index (χ4v) is 2.22. The third kappa shape index (κ3) is 4.02. The molecule has 1 aromatic heterocycles. The number of halogens is 3. The maximum Gasteiger partial charge on any atom is 0.416 e. The lowest BCUT2D eigenvalue weighted by molar-refractivity contribution is -0.137. The lowest BCUT2D eigenvalue weighted by Gasteiger charge is -2.13. The molecule has 3 N–H and O–H groups in total. The summed E-state index contributed by atoms with van der Waals surface area (Å²) in [6.07, 6.45) is -4.13. The van der Waals surface area contributed by atoms with Crippen LogP contribution in [-0.4, -0.2) is 27.5 Å². The van der Waals surface area contributed by atoms with Crippen LogP contribution in [0.3, 0.4) is 0 Å². The summed E-state index contributed by atoms with van der Waals surface area (Å²) in [4.78, 5) is 0. The second kappa shape index (κ2) is 6.59. The van der Waals surface area contributed by atoms with Crippen molar-refractivity contribution in [3.8, 4) is 11.6 Å². The highest BCUT2D eigenvalue weighted by Gasteiger charge is 2.30. The summed E-state index contributed by atoms with van der Waals surface area (Å²) in [6, 6.07) is 4.12. The molecule has 0 saturated heterocycles. The minimum Gasteiger partial charge on any atom is -0.439 e. The Balaban J connectivity index is 2.33. The van der Waals surface area contributed by atoms with Gasteiger partial charge in [0.15, 0.2) is 0 Å². The fourth-order valence-electron chi connectivity index (χ4n) is 2.22. The predicted octanol–water partition coefficient (Wildman–Crippen LogP) is 2.40. The summed E-state index contributed by atoms with van der Waals surface area (Å²) < 4.78 is 45.4. The molecule has 126 valence electrons. The van der Waals surface area contributed by atoms with E-state index in [0.29, 0.717) is 23.6 Å². The van der Waals surface area contributed by atoms with Crippen molar-refractivity contribution in [1.82, 2.24) is 9.78 Å². The molecule has 0 aliphatic rings. The van der Waals surface area contributed by atoms with Gasteiger partial charge >= 0.3 is 6.18 Å². The Morgan fingerprint density at radius 1 is 1.39 bits per heavy atom. The SMILES string of the molecule is Cc1nn(C)c(Oc2cccc(C(F)(F)F)c2)c1CC(N)CO. The van der Waals surface area contributed by atoms with Crippen LogP contribution < -0.4 is 10.5 Å². The van der Waals surface area contributed by atoms with Crippen molar-refractivity contribution < 1.29 is 23.0 Å². The van der Waals surface area contributed by atoms with Crippen molar-refractivity contribution >= 4 is 0 Å². The van der Waals surface area contributed by atoms with Crippen molar-refractivity contribution in [3.63, 3.8) is 0 Å². The van der Waals surface area contributed by atoms with Gasteiger partial charge in [-0.3, -0.25) is 0 Å². The molecule has 8 heteroatoms. The fraction of sp³-hybridized carbons (Fsp3) is 0.400. The van der Waals surface area contributed by atoms with E-state index < -0.39 is 17.8 Å². The van der Waals surface area contributed by atoms with Crippen molar-refractivity contribution in [2.45, 2.75) is 25.6 Å². The van der Waals surface area contributed by atoms with E-state index in [4.69, 9.17) is 15.6 Å². The zero-order valence-corrected chi connectivity index (χ0v) is 12.8. The average molecular weight is 329 g/mol.